The predicted molar refractivity (Wildman–Crippen MR) is 99.4 cm³/mol. The molecule has 1 atom stereocenters. The Kier molecular flexibility index (Phi) is 5.23. The van der Waals surface area contributed by atoms with Crippen LogP contribution in [0.4, 0.5) is 5.69 Å². The van der Waals surface area contributed by atoms with Crippen molar-refractivity contribution < 1.29 is 19.4 Å². The van der Waals surface area contributed by atoms with Crippen molar-refractivity contribution in [3.63, 3.8) is 0 Å². The summed E-state index contributed by atoms with van der Waals surface area (Å²) in [5, 5.41) is 13.9. The van der Waals surface area contributed by atoms with Gasteiger partial charge in [-0.25, -0.2) is 4.79 Å². The molecule has 1 aliphatic carbocycles. The van der Waals surface area contributed by atoms with Gasteiger partial charge in [0.05, 0.1) is 10.7 Å². The maximum Gasteiger partial charge on any atom is 0.339 e. The first kappa shape index (κ1) is 18.7. The van der Waals surface area contributed by atoms with Crippen molar-refractivity contribution in [2.75, 3.05) is 5.32 Å². The second-order valence-corrected chi connectivity index (χ2v) is 7.16. The van der Waals surface area contributed by atoms with Crippen molar-refractivity contribution in [1.82, 2.24) is 0 Å². The predicted octanol–water partition coefficient (Wildman–Crippen LogP) is 3.39. The third kappa shape index (κ3) is 3.85. The molecule has 136 valence electrons. The maximum atomic E-state index is 12.4. The van der Waals surface area contributed by atoms with Crippen LogP contribution >= 0.6 is 23.2 Å². The lowest BCUT2D eigenvalue weighted by atomic mass is 10.0. The molecular formula is C19H17Cl2NO4. The molecule has 1 unspecified atom stereocenters. The highest BCUT2D eigenvalue weighted by Crippen LogP contribution is 2.31. The van der Waals surface area contributed by atoms with E-state index >= 15 is 0 Å². The molecule has 0 saturated carbocycles. The molecular weight excluding hydrogens is 377 g/mol. The van der Waals surface area contributed by atoms with Gasteiger partial charge in [0.2, 0.25) is 0 Å². The molecule has 1 aliphatic rings. The van der Waals surface area contributed by atoms with Gasteiger partial charge in [-0.2, -0.15) is 0 Å². The number of halogens is 2. The van der Waals surface area contributed by atoms with Crippen molar-refractivity contribution in [2.24, 2.45) is 0 Å². The van der Waals surface area contributed by atoms with Gasteiger partial charge in [-0.1, -0.05) is 47.5 Å². The number of carbonyl (C=O) groups excluding carboxylic acids is 2. The summed E-state index contributed by atoms with van der Waals surface area (Å²) in [5.41, 5.74) is 0.501. The van der Waals surface area contributed by atoms with Crippen LogP contribution in [0.15, 0.2) is 42.5 Å². The zero-order valence-corrected chi connectivity index (χ0v) is 15.5. The molecule has 0 bridgehead atoms. The normalized spacial score (nSPS) is 15.8. The van der Waals surface area contributed by atoms with E-state index in [4.69, 9.17) is 27.9 Å². The van der Waals surface area contributed by atoms with Crippen molar-refractivity contribution >= 4 is 40.8 Å². The van der Waals surface area contributed by atoms with Gasteiger partial charge in [-0.3, -0.25) is 4.79 Å². The summed E-state index contributed by atoms with van der Waals surface area (Å²) in [6.45, 7) is 1.43. The fraction of sp³-hybridized carbons (Fsp3) is 0.263. The minimum atomic E-state index is -1.66. The number of hydrogen-bond acceptors (Lipinski definition) is 4. The number of aliphatic hydroxyl groups is 1. The Labute approximate surface area is 160 Å². The Hall–Kier alpha value is -2.08. The van der Waals surface area contributed by atoms with E-state index in [1.165, 1.54) is 13.0 Å². The van der Waals surface area contributed by atoms with Crippen LogP contribution in [-0.2, 0) is 27.2 Å². The number of amides is 1. The van der Waals surface area contributed by atoms with Gasteiger partial charge in [0.25, 0.3) is 5.91 Å². The van der Waals surface area contributed by atoms with E-state index in [1.54, 1.807) is 12.1 Å². The van der Waals surface area contributed by atoms with Crippen molar-refractivity contribution in [2.45, 2.75) is 31.5 Å². The number of fused-ring (bicyclic) bond motifs is 1. The molecule has 2 aromatic carbocycles. The summed E-state index contributed by atoms with van der Waals surface area (Å²) in [7, 11) is 0. The van der Waals surface area contributed by atoms with Gasteiger partial charge in [0.15, 0.2) is 11.7 Å². The number of nitrogens with one attached hydrogen (secondary N) is 1. The number of ether oxygens (including phenoxy) is 1. The van der Waals surface area contributed by atoms with Gasteiger partial charge in [0, 0.05) is 17.9 Å². The third-order valence-electron chi connectivity index (χ3n) is 4.31. The van der Waals surface area contributed by atoms with E-state index < -0.39 is 23.6 Å². The van der Waals surface area contributed by atoms with E-state index in [1.807, 2.05) is 24.3 Å². The first-order valence-electron chi connectivity index (χ1n) is 8.05. The molecule has 1 amide bonds. The highest BCUT2D eigenvalue weighted by atomic mass is 35.5. The van der Waals surface area contributed by atoms with Gasteiger partial charge in [-0.05, 0) is 36.2 Å². The first-order chi connectivity index (χ1) is 12.3. The summed E-state index contributed by atoms with van der Waals surface area (Å²) in [5.74, 6) is -1.37. The molecule has 0 aromatic heterocycles. The number of benzene rings is 2. The average Bonchev–Trinajstić information content (AvgIpc) is 2.94. The molecule has 5 nitrogen and oxygen atoms in total. The molecule has 0 fully saturated rings. The number of carbonyl (C=O) groups is 2. The van der Waals surface area contributed by atoms with E-state index in [0.717, 1.165) is 11.1 Å². The minimum absolute atomic E-state index is 0.166. The highest BCUT2D eigenvalue weighted by Gasteiger charge is 2.44. The topological polar surface area (TPSA) is 75.6 Å². The number of hydrogen-bond donors (Lipinski definition) is 2. The van der Waals surface area contributed by atoms with Crippen LogP contribution < -0.4 is 5.32 Å². The van der Waals surface area contributed by atoms with Crippen LogP contribution in [0, 0.1) is 0 Å². The molecule has 7 heteroatoms. The van der Waals surface area contributed by atoms with Crippen molar-refractivity contribution in [3.05, 3.63) is 63.6 Å². The van der Waals surface area contributed by atoms with Crippen LogP contribution in [-0.4, -0.2) is 28.7 Å². The fourth-order valence-electron chi connectivity index (χ4n) is 2.89. The minimum Gasteiger partial charge on any atom is -0.450 e. The summed E-state index contributed by atoms with van der Waals surface area (Å²) in [6, 6.07) is 12.0. The molecule has 26 heavy (non-hydrogen) atoms. The fourth-order valence-corrected chi connectivity index (χ4v) is 3.34. The smallest absolute Gasteiger partial charge is 0.339 e. The van der Waals surface area contributed by atoms with Crippen LogP contribution in [0.2, 0.25) is 10.0 Å². The van der Waals surface area contributed by atoms with Crippen LogP contribution in [0.5, 0.6) is 0 Å². The number of anilines is 1. The zero-order chi connectivity index (χ0) is 18.9. The van der Waals surface area contributed by atoms with Gasteiger partial charge in [-0.15, -0.1) is 0 Å². The standard InChI is InChI=1S/C19H17Cl2NO4/c1-11(17(23)22-16-7-6-14(20)8-15(16)21)26-18(24)19(25)9-12-4-2-3-5-13(12)10-19/h2-8,11,25H,9-10H2,1H3,(H,22,23). The molecule has 2 N–H and O–H groups in total. The number of esters is 1. The van der Waals surface area contributed by atoms with Crippen LogP contribution in [0.25, 0.3) is 0 Å². The van der Waals surface area contributed by atoms with E-state index in [0.29, 0.717) is 10.7 Å². The Morgan fingerprint density at radius 2 is 1.77 bits per heavy atom. The van der Waals surface area contributed by atoms with Crippen LogP contribution in [0.3, 0.4) is 0 Å². The zero-order valence-electron chi connectivity index (χ0n) is 14.0. The number of rotatable bonds is 4. The third-order valence-corrected chi connectivity index (χ3v) is 4.85. The van der Waals surface area contributed by atoms with Gasteiger partial charge < -0.3 is 15.2 Å². The van der Waals surface area contributed by atoms with Crippen LogP contribution in [0.1, 0.15) is 18.1 Å². The molecule has 0 radical (unpaired) electrons. The Balaban J connectivity index is 1.63. The van der Waals surface area contributed by atoms with Gasteiger partial charge >= 0.3 is 5.97 Å². The summed E-state index contributed by atoms with van der Waals surface area (Å²) < 4.78 is 5.20. The van der Waals surface area contributed by atoms with E-state index in [9.17, 15) is 14.7 Å². The average molecular weight is 394 g/mol. The summed E-state index contributed by atoms with van der Waals surface area (Å²) in [6.07, 6.45) is -0.763. The lowest BCUT2D eigenvalue weighted by Gasteiger charge is -2.23. The second-order valence-electron chi connectivity index (χ2n) is 6.31. The van der Waals surface area contributed by atoms with E-state index in [2.05, 4.69) is 5.32 Å². The Bertz CT molecular complexity index is 843. The molecule has 0 saturated heterocycles. The molecule has 3 rings (SSSR count). The Morgan fingerprint density at radius 3 is 2.35 bits per heavy atom. The maximum absolute atomic E-state index is 12.4. The molecule has 0 heterocycles. The van der Waals surface area contributed by atoms with Crippen molar-refractivity contribution in [3.8, 4) is 0 Å². The largest absolute Gasteiger partial charge is 0.450 e. The molecule has 0 aliphatic heterocycles. The van der Waals surface area contributed by atoms with Gasteiger partial charge in [0.1, 0.15) is 0 Å². The van der Waals surface area contributed by atoms with E-state index in [-0.39, 0.29) is 17.9 Å². The first-order valence-corrected chi connectivity index (χ1v) is 8.80. The highest BCUT2D eigenvalue weighted by molar-refractivity contribution is 6.36. The molecule has 2 aromatic rings. The SMILES string of the molecule is CC(OC(=O)C1(O)Cc2ccccc2C1)C(=O)Nc1ccc(Cl)cc1Cl. The molecule has 0 spiro atoms. The summed E-state index contributed by atoms with van der Waals surface area (Å²) >= 11 is 11.8. The monoisotopic (exact) mass is 393 g/mol. The quantitative estimate of drug-likeness (QED) is 0.780. The second kappa shape index (κ2) is 7.27. The lowest BCUT2D eigenvalue weighted by Crippen LogP contribution is -2.44. The lowest BCUT2D eigenvalue weighted by molar-refractivity contribution is -0.171. The Morgan fingerprint density at radius 1 is 1.15 bits per heavy atom. The van der Waals surface area contributed by atoms with Crippen molar-refractivity contribution in [1.29, 1.82) is 0 Å². The summed E-state index contributed by atoms with van der Waals surface area (Å²) in [4.78, 5) is 24.7.